The predicted octanol–water partition coefficient (Wildman–Crippen LogP) is 16.6. The normalized spacial score (nSPS) is 18.6. The number of aliphatic hydroxyl groups excluding tert-OH is 5. The van der Waals surface area contributed by atoms with Crippen LogP contribution < -0.4 is 5.32 Å². The number of hydrogen-bond acceptors (Lipinski definition) is 10. The predicted molar refractivity (Wildman–Crippen MR) is 329 cm³/mol. The zero-order valence-electron chi connectivity index (χ0n) is 51.3. The van der Waals surface area contributed by atoms with Crippen LogP contribution in [0.1, 0.15) is 322 Å². The van der Waals surface area contributed by atoms with Crippen LogP contribution in [0.25, 0.3) is 0 Å². The van der Waals surface area contributed by atoms with Gasteiger partial charge in [0.1, 0.15) is 24.4 Å². The van der Waals surface area contributed by atoms with Crippen LogP contribution >= 0.6 is 0 Å². The summed E-state index contributed by atoms with van der Waals surface area (Å²) >= 11 is 0. The Hall–Kier alpha value is -2.12. The van der Waals surface area contributed by atoms with Gasteiger partial charge >= 0.3 is 5.97 Å². The number of esters is 1. The van der Waals surface area contributed by atoms with Gasteiger partial charge in [-0.05, 0) is 51.4 Å². The van der Waals surface area contributed by atoms with Crippen molar-refractivity contribution in [3.63, 3.8) is 0 Å². The Balaban J connectivity index is 1.95. The first-order valence-corrected chi connectivity index (χ1v) is 33.8. The van der Waals surface area contributed by atoms with Gasteiger partial charge in [0.05, 0.1) is 32.0 Å². The van der Waals surface area contributed by atoms with E-state index in [1.54, 1.807) is 6.08 Å². The third-order valence-corrected chi connectivity index (χ3v) is 16.0. The first-order chi connectivity index (χ1) is 38.7. The van der Waals surface area contributed by atoms with Crippen molar-refractivity contribution >= 4 is 11.9 Å². The zero-order valence-corrected chi connectivity index (χ0v) is 51.3. The molecule has 1 heterocycles. The smallest absolute Gasteiger partial charge is 0.305 e. The highest BCUT2D eigenvalue weighted by molar-refractivity contribution is 5.76. The summed E-state index contributed by atoms with van der Waals surface area (Å²) in [6, 6.07) is -0.831. The van der Waals surface area contributed by atoms with E-state index in [2.05, 4.69) is 43.5 Å². The Labute approximate surface area is 485 Å². The van der Waals surface area contributed by atoms with Crippen molar-refractivity contribution in [1.82, 2.24) is 5.32 Å². The number of allylic oxidation sites excluding steroid dienone is 5. The van der Waals surface area contributed by atoms with Crippen LogP contribution in [0.5, 0.6) is 0 Å². The number of ether oxygens (including phenoxy) is 3. The summed E-state index contributed by atoms with van der Waals surface area (Å²) in [4.78, 5) is 25.0. The fraction of sp³-hybridized carbons (Fsp3) is 0.882. The Morgan fingerprint density at radius 3 is 1.23 bits per heavy atom. The Bertz CT molecular complexity index is 1410. The molecule has 0 bridgehead atoms. The van der Waals surface area contributed by atoms with Crippen molar-refractivity contribution in [2.75, 3.05) is 19.8 Å². The maximum Gasteiger partial charge on any atom is 0.305 e. The van der Waals surface area contributed by atoms with Gasteiger partial charge < -0.3 is 45.1 Å². The quantitative estimate of drug-likeness (QED) is 0.0195. The van der Waals surface area contributed by atoms with E-state index in [0.29, 0.717) is 19.4 Å². The second-order valence-electron chi connectivity index (χ2n) is 23.5. The highest BCUT2D eigenvalue weighted by Gasteiger charge is 2.44. The molecule has 11 nitrogen and oxygen atoms in total. The summed E-state index contributed by atoms with van der Waals surface area (Å²) in [5.74, 6) is -0.183. The standard InChI is InChI=1S/C68H127NO10/c1-3-5-7-9-11-13-34-38-42-46-50-54-61(71)60(59-78-68-67(76)66(75)65(74)62(58-70)79-68)69-63(72)55-51-47-43-39-36-32-30-28-26-24-22-20-18-16-15-17-19-21-23-25-27-29-31-33-37-41-45-49-53-57-77-64(73)56-52-48-44-40-35-14-12-10-8-6-4-2/h7,9,34,38,50,54,60-62,65-68,70-71,74-76H,3-6,8,10-33,35-37,39-49,51-53,55-59H2,1-2H3,(H,69,72)/b9-7+,38-34+,54-50+. The minimum atomic E-state index is -1.58. The number of carbonyl (C=O) groups is 2. The van der Waals surface area contributed by atoms with Gasteiger partial charge in [0.25, 0.3) is 0 Å². The van der Waals surface area contributed by atoms with Gasteiger partial charge in [-0.3, -0.25) is 9.59 Å². The largest absolute Gasteiger partial charge is 0.466 e. The molecule has 6 N–H and O–H groups in total. The number of rotatable bonds is 59. The zero-order chi connectivity index (χ0) is 57.3. The van der Waals surface area contributed by atoms with Gasteiger partial charge in [-0.2, -0.15) is 0 Å². The molecule has 0 aromatic rings. The lowest BCUT2D eigenvalue weighted by molar-refractivity contribution is -0.302. The van der Waals surface area contributed by atoms with Crippen LogP contribution in [0.3, 0.4) is 0 Å². The monoisotopic (exact) mass is 1120 g/mol. The first-order valence-electron chi connectivity index (χ1n) is 33.8. The highest BCUT2D eigenvalue weighted by atomic mass is 16.7. The molecule has 0 radical (unpaired) electrons. The average molecular weight is 1120 g/mol. The number of hydrogen-bond donors (Lipinski definition) is 6. The molecule has 0 saturated carbocycles. The van der Waals surface area contributed by atoms with Gasteiger partial charge in [-0.1, -0.05) is 294 Å². The van der Waals surface area contributed by atoms with Crippen molar-refractivity contribution in [3.8, 4) is 0 Å². The molecule has 1 saturated heterocycles. The van der Waals surface area contributed by atoms with E-state index in [4.69, 9.17) is 14.2 Å². The summed E-state index contributed by atoms with van der Waals surface area (Å²) in [5.41, 5.74) is 0. The number of aliphatic hydroxyl groups is 5. The molecule has 0 spiro atoms. The number of unbranched alkanes of at least 4 members (excludes halogenated alkanes) is 41. The van der Waals surface area contributed by atoms with Gasteiger partial charge in [0, 0.05) is 12.8 Å². The van der Waals surface area contributed by atoms with Gasteiger partial charge in [0.15, 0.2) is 6.29 Å². The molecule has 1 fully saturated rings. The van der Waals surface area contributed by atoms with Gasteiger partial charge in [-0.15, -0.1) is 0 Å². The minimum Gasteiger partial charge on any atom is -0.466 e. The van der Waals surface area contributed by atoms with E-state index in [9.17, 15) is 35.1 Å². The summed E-state index contributed by atoms with van der Waals surface area (Å²) in [7, 11) is 0. The fourth-order valence-corrected chi connectivity index (χ4v) is 10.7. The Morgan fingerprint density at radius 2 is 0.823 bits per heavy atom. The number of amides is 1. The van der Waals surface area contributed by atoms with Crippen molar-refractivity contribution in [2.24, 2.45) is 0 Å². The van der Waals surface area contributed by atoms with Gasteiger partial charge in [0.2, 0.25) is 5.91 Å². The van der Waals surface area contributed by atoms with Crippen molar-refractivity contribution in [1.29, 1.82) is 0 Å². The summed E-state index contributed by atoms with van der Waals surface area (Å²) in [5, 5.41) is 54.3. The van der Waals surface area contributed by atoms with E-state index < -0.39 is 49.5 Å². The van der Waals surface area contributed by atoms with Crippen molar-refractivity contribution in [2.45, 2.75) is 365 Å². The van der Waals surface area contributed by atoms with E-state index in [0.717, 1.165) is 70.6 Å². The van der Waals surface area contributed by atoms with E-state index in [1.165, 1.54) is 225 Å². The van der Waals surface area contributed by atoms with Crippen LogP contribution in [0.2, 0.25) is 0 Å². The topological polar surface area (TPSA) is 175 Å². The summed E-state index contributed by atoms with van der Waals surface area (Å²) < 4.78 is 16.7. The second-order valence-corrected chi connectivity index (χ2v) is 23.5. The Kier molecular flexibility index (Phi) is 54.7. The fourth-order valence-electron chi connectivity index (χ4n) is 10.7. The molecule has 79 heavy (non-hydrogen) atoms. The minimum absolute atomic E-state index is 0.0101. The lowest BCUT2D eigenvalue weighted by Gasteiger charge is -2.40. The molecule has 1 aliphatic rings. The van der Waals surface area contributed by atoms with Crippen LogP contribution in [-0.4, -0.2) is 100 Å². The second kappa shape index (κ2) is 57.7. The summed E-state index contributed by atoms with van der Waals surface area (Å²) in [6.45, 7) is 4.27. The molecule has 11 heteroatoms. The average Bonchev–Trinajstić information content (AvgIpc) is 3.49. The van der Waals surface area contributed by atoms with E-state index >= 15 is 0 Å². The third kappa shape index (κ3) is 47.0. The SMILES string of the molecule is CCC/C=C/CC/C=C/CC/C=C/C(O)C(COC1OC(CO)C(O)C(O)C1O)NC(=O)CCCCCCCCCCCCCCCCCCCCCCCCCCCCCCCOC(=O)CCCCCCCCCCCCC. The van der Waals surface area contributed by atoms with Crippen LogP contribution in [0, 0.1) is 0 Å². The molecule has 1 rings (SSSR count). The lowest BCUT2D eigenvalue weighted by Crippen LogP contribution is -2.60. The summed E-state index contributed by atoms with van der Waals surface area (Å²) in [6.07, 6.45) is 62.9. The number of nitrogens with one attached hydrogen (secondary N) is 1. The van der Waals surface area contributed by atoms with Crippen molar-refractivity contribution in [3.05, 3.63) is 36.5 Å². The molecule has 0 aromatic heterocycles. The molecular weight excluding hydrogens is 991 g/mol. The molecule has 1 amide bonds. The van der Waals surface area contributed by atoms with E-state index in [1.807, 2.05) is 6.08 Å². The molecule has 1 aliphatic heterocycles. The highest BCUT2D eigenvalue weighted by Crippen LogP contribution is 2.23. The van der Waals surface area contributed by atoms with Crippen LogP contribution in [0.15, 0.2) is 36.5 Å². The maximum absolute atomic E-state index is 13.0. The van der Waals surface area contributed by atoms with Crippen LogP contribution in [0.4, 0.5) is 0 Å². The Morgan fingerprint density at radius 1 is 0.456 bits per heavy atom. The van der Waals surface area contributed by atoms with Gasteiger partial charge in [-0.25, -0.2) is 0 Å². The molecular formula is C68H127NO10. The third-order valence-electron chi connectivity index (χ3n) is 16.0. The molecule has 7 unspecified atom stereocenters. The molecule has 464 valence electrons. The first kappa shape index (κ1) is 74.9. The number of carbonyl (C=O) groups excluding carboxylic acids is 2. The van der Waals surface area contributed by atoms with E-state index in [-0.39, 0.29) is 18.5 Å². The molecule has 7 atom stereocenters. The molecule has 0 aromatic carbocycles. The molecule has 0 aliphatic carbocycles. The van der Waals surface area contributed by atoms with Crippen molar-refractivity contribution < 1.29 is 49.3 Å². The maximum atomic E-state index is 13.0. The lowest BCUT2D eigenvalue weighted by atomic mass is 9.99. The van der Waals surface area contributed by atoms with Crippen LogP contribution in [-0.2, 0) is 23.8 Å².